The monoisotopic (exact) mass is 285 g/mol. The average molecular weight is 285 g/mol. The van der Waals surface area contributed by atoms with E-state index in [1.165, 1.54) is 5.56 Å². The number of nitrogens with one attached hydrogen (secondary N) is 2. The van der Waals surface area contributed by atoms with Gasteiger partial charge in [-0.15, -0.1) is 0 Å². The summed E-state index contributed by atoms with van der Waals surface area (Å²) in [4.78, 5) is 4.62. The molecular formula is C16H23N5. The topological polar surface area (TPSA) is 54.2 Å². The largest absolute Gasteiger partial charge is 0.357 e. The molecule has 21 heavy (non-hydrogen) atoms. The summed E-state index contributed by atoms with van der Waals surface area (Å²) in [6.07, 6.45) is 1.79. The molecule has 0 fully saturated rings. The van der Waals surface area contributed by atoms with E-state index in [1.807, 2.05) is 36.0 Å². The molecule has 1 unspecified atom stereocenters. The van der Waals surface area contributed by atoms with Gasteiger partial charge in [0.25, 0.3) is 0 Å². The second-order valence-corrected chi connectivity index (χ2v) is 4.92. The number of rotatable bonds is 5. The van der Waals surface area contributed by atoms with Gasteiger partial charge >= 0.3 is 0 Å². The first-order chi connectivity index (χ1) is 10.2. The summed E-state index contributed by atoms with van der Waals surface area (Å²) >= 11 is 0. The molecule has 0 saturated carbocycles. The van der Waals surface area contributed by atoms with Gasteiger partial charge in [-0.25, -0.2) is 4.99 Å². The molecule has 1 aromatic carbocycles. The van der Waals surface area contributed by atoms with Gasteiger partial charge in [0.15, 0.2) is 5.96 Å². The van der Waals surface area contributed by atoms with Crippen LogP contribution in [0.15, 0.2) is 47.6 Å². The molecule has 0 radical (unpaired) electrons. The maximum absolute atomic E-state index is 4.62. The van der Waals surface area contributed by atoms with Crippen LogP contribution in [0.2, 0.25) is 0 Å². The molecule has 1 atom stereocenters. The first-order valence-electron chi connectivity index (χ1n) is 7.27. The number of hydrogen-bond acceptors (Lipinski definition) is 2. The minimum atomic E-state index is 0.204. The molecule has 1 heterocycles. The predicted molar refractivity (Wildman–Crippen MR) is 86.0 cm³/mol. The second-order valence-electron chi connectivity index (χ2n) is 4.92. The number of hydrogen-bond donors (Lipinski definition) is 2. The lowest BCUT2D eigenvalue weighted by atomic mass is 10.1. The normalized spacial score (nSPS) is 13.0. The molecule has 2 aromatic rings. The Hall–Kier alpha value is -2.30. The van der Waals surface area contributed by atoms with E-state index in [-0.39, 0.29) is 6.04 Å². The van der Waals surface area contributed by atoms with Gasteiger partial charge in [0.05, 0.1) is 18.3 Å². The van der Waals surface area contributed by atoms with Crippen LogP contribution in [0, 0.1) is 0 Å². The smallest absolute Gasteiger partial charge is 0.192 e. The van der Waals surface area contributed by atoms with Crippen LogP contribution < -0.4 is 10.6 Å². The molecule has 1 aromatic heterocycles. The van der Waals surface area contributed by atoms with Gasteiger partial charge in [0.2, 0.25) is 0 Å². The minimum Gasteiger partial charge on any atom is -0.357 e. The SMILES string of the molecule is CCNC(=NCc1ccnn1C)NC(C)c1ccccc1. The average Bonchev–Trinajstić information content (AvgIpc) is 2.91. The second kappa shape index (κ2) is 7.47. The third-order valence-electron chi connectivity index (χ3n) is 3.32. The van der Waals surface area contributed by atoms with Gasteiger partial charge in [-0.2, -0.15) is 5.10 Å². The fourth-order valence-electron chi connectivity index (χ4n) is 2.07. The number of nitrogens with zero attached hydrogens (tertiary/aromatic N) is 3. The van der Waals surface area contributed by atoms with E-state index in [0.717, 1.165) is 18.2 Å². The molecule has 0 aliphatic heterocycles. The van der Waals surface area contributed by atoms with Crippen molar-refractivity contribution >= 4 is 5.96 Å². The van der Waals surface area contributed by atoms with Gasteiger partial charge in [-0.3, -0.25) is 4.68 Å². The molecule has 5 heteroatoms. The van der Waals surface area contributed by atoms with Crippen molar-refractivity contribution in [2.75, 3.05) is 6.54 Å². The molecule has 112 valence electrons. The number of benzene rings is 1. The summed E-state index contributed by atoms with van der Waals surface area (Å²) in [5.41, 5.74) is 2.32. The molecule has 2 N–H and O–H groups in total. The maximum atomic E-state index is 4.62. The van der Waals surface area contributed by atoms with Gasteiger partial charge in [-0.05, 0) is 25.5 Å². The van der Waals surface area contributed by atoms with Crippen molar-refractivity contribution < 1.29 is 0 Å². The van der Waals surface area contributed by atoms with Crippen LogP contribution >= 0.6 is 0 Å². The summed E-state index contributed by atoms with van der Waals surface area (Å²) in [7, 11) is 1.93. The third-order valence-corrected chi connectivity index (χ3v) is 3.32. The lowest BCUT2D eigenvalue weighted by molar-refractivity contribution is 0.676. The van der Waals surface area contributed by atoms with Crippen molar-refractivity contribution in [3.05, 3.63) is 53.9 Å². The summed E-state index contributed by atoms with van der Waals surface area (Å²) in [6.45, 7) is 5.63. The zero-order chi connectivity index (χ0) is 15.1. The first-order valence-corrected chi connectivity index (χ1v) is 7.27. The highest BCUT2D eigenvalue weighted by atomic mass is 15.3. The van der Waals surface area contributed by atoms with Crippen LogP contribution in [0.25, 0.3) is 0 Å². The van der Waals surface area contributed by atoms with Crippen LogP contribution in [0.1, 0.15) is 31.1 Å². The van der Waals surface area contributed by atoms with E-state index in [0.29, 0.717) is 6.54 Å². The van der Waals surface area contributed by atoms with Crippen molar-refractivity contribution in [1.82, 2.24) is 20.4 Å². The van der Waals surface area contributed by atoms with E-state index in [1.54, 1.807) is 6.20 Å². The minimum absolute atomic E-state index is 0.204. The fourth-order valence-corrected chi connectivity index (χ4v) is 2.07. The van der Waals surface area contributed by atoms with Gasteiger partial charge in [0, 0.05) is 19.8 Å². The fraction of sp³-hybridized carbons (Fsp3) is 0.375. The Morgan fingerprint density at radius 3 is 2.67 bits per heavy atom. The summed E-state index contributed by atoms with van der Waals surface area (Å²) in [5, 5.41) is 10.9. The lowest BCUT2D eigenvalue weighted by Gasteiger charge is -2.18. The van der Waals surface area contributed by atoms with E-state index in [9.17, 15) is 0 Å². The van der Waals surface area contributed by atoms with Gasteiger partial charge in [0.1, 0.15) is 0 Å². The van der Waals surface area contributed by atoms with Crippen molar-refractivity contribution in [3.8, 4) is 0 Å². The van der Waals surface area contributed by atoms with Crippen LogP contribution in [-0.4, -0.2) is 22.3 Å². The zero-order valence-corrected chi connectivity index (χ0v) is 12.9. The highest BCUT2D eigenvalue weighted by Gasteiger charge is 2.07. The van der Waals surface area contributed by atoms with Crippen LogP contribution in [0.4, 0.5) is 0 Å². The molecule has 0 amide bonds. The van der Waals surface area contributed by atoms with Crippen molar-refractivity contribution in [2.24, 2.45) is 12.0 Å². The van der Waals surface area contributed by atoms with Gasteiger partial charge in [-0.1, -0.05) is 30.3 Å². The van der Waals surface area contributed by atoms with Crippen molar-refractivity contribution in [1.29, 1.82) is 0 Å². The highest BCUT2D eigenvalue weighted by molar-refractivity contribution is 5.80. The number of guanidine groups is 1. The Kier molecular flexibility index (Phi) is 5.37. The Morgan fingerprint density at radius 2 is 2.05 bits per heavy atom. The molecule has 2 rings (SSSR count). The quantitative estimate of drug-likeness (QED) is 0.654. The lowest BCUT2D eigenvalue weighted by Crippen LogP contribution is -2.38. The van der Waals surface area contributed by atoms with Crippen LogP contribution in [0.5, 0.6) is 0 Å². The van der Waals surface area contributed by atoms with Crippen LogP contribution in [0.3, 0.4) is 0 Å². The number of aryl methyl sites for hydroxylation is 1. The predicted octanol–water partition coefficient (Wildman–Crippen LogP) is 2.24. The van der Waals surface area contributed by atoms with E-state index >= 15 is 0 Å². The molecule has 0 spiro atoms. The Morgan fingerprint density at radius 1 is 1.29 bits per heavy atom. The Bertz CT molecular complexity index is 573. The van der Waals surface area contributed by atoms with E-state index < -0.39 is 0 Å². The number of aliphatic imine (C=N–C) groups is 1. The molecule has 0 aliphatic rings. The molecule has 0 saturated heterocycles. The summed E-state index contributed by atoms with van der Waals surface area (Å²) in [5.74, 6) is 0.815. The van der Waals surface area contributed by atoms with Crippen LogP contribution in [-0.2, 0) is 13.6 Å². The van der Waals surface area contributed by atoms with E-state index in [4.69, 9.17) is 0 Å². The summed E-state index contributed by atoms with van der Waals surface area (Å²) in [6, 6.07) is 12.5. The standard InChI is InChI=1S/C16H23N5/c1-4-17-16(18-12-15-10-11-19-21(15)3)20-13(2)14-8-6-5-7-9-14/h5-11,13H,4,12H2,1-3H3,(H2,17,18,20). The zero-order valence-electron chi connectivity index (χ0n) is 12.9. The van der Waals surface area contributed by atoms with E-state index in [2.05, 4.69) is 46.7 Å². The van der Waals surface area contributed by atoms with Crippen molar-refractivity contribution in [2.45, 2.75) is 26.4 Å². The molecular weight excluding hydrogens is 262 g/mol. The third kappa shape index (κ3) is 4.34. The Balaban J connectivity index is 2.03. The number of aromatic nitrogens is 2. The Labute approximate surface area is 126 Å². The molecule has 0 bridgehead atoms. The van der Waals surface area contributed by atoms with Crippen molar-refractivity contribution in [3.63, 3.8) is 0 Å². The maximum Gasteiger partial charge on any atom is 0.192 e. The summed E-state index contributed by atoms with van der Waals surface area (Å²) < 4.78 is 1.84. The first kappa shape index (κ1) is 15.1. The molecule has 5 nitrogen and oxygen atoms in total. The highest BCUT2D eigenvalue weighted by Crippen LogP contribution is 2.10. The molecule has 0 aliphatic carbocycles. The van der Waals surface area contributed by atoms with Gasteiger partial charge < -0.3 is 10.6 Å².